The highest BCUT2D eigenvalue weighted by Crippen LogP contribution is 2.28. The molecule has 1 heterocycles. The van der Waals surface area contributed by atoms with Crippen LogP contribution >= 0.6 is 31.9 Å². The minimum atomic E-state index is 0.184. The summed E-state index contributed by atoms with van der Waals surface area (Å²) in [5.74, 6) is 0. The van der Waals surface area contributed by atoms with Crippen LogP contribution in [0.25, 0.3) is 0 Å². The third-order valence-corrected chi connectivity index (χ3v) is 3.55. The van der Waals surface area contributed by atoms with Gasteiger partial charge in [0.25, 0.3) is 0 Å². The van der Waals surface area contributed by atoms with Crippen molar-refractivity contribution in [3.63, 3.8) is 0 Å². The summed E-state index contributed by atoms with van der Waals surface area (Å²) in [6, 6.07) is 6.33. The molecule has 2 rings (SSSR count). The third-order valence-electron chi connectivity index (χ3n) is 2.37. The molecule has 0 fully saturated rings. The molecule has 1 unspecified atom stereocenters. The normalized spacial score (nSPS) is 12.2. The molecular formula is C12H11Br2N3. The van der Waals surface area contributed by atoms with Gasteiger partial charge in [0, 0.05) is 15.0 Å². The van der Waals surface area contributed by atoms with Crippen LogP contribution in [0.1, 0.15) is 18.5 Å². The van der Waals surface area contributed by atoms with Crippen LogP contribution in [0.4, 0.5) is 5.69 Å². The topological polar surface area (TPSA) is 37.8 Å². The first-order chi connectivity index (χ1) is 8.16. The lowest BCUT2D eigenvalue weighted by Gasteiger charge is -2.16. The molecule has 1 aromatic heterocycles. The van der Waals surface area contributed by atoms with Crippen molar-refractivity contribution in [2.45, 2.75) is 13.0 Å². The maximum Gasteiger partial charge on any atom is 0.115 e. The average molecular weight is 357 g/mol. The summed E-state index contributed by atoms with van der Waals surface area (Å²) < 4.78 is 2.13. The predicted molar refractivity (Wildman–Crippen MR) is 75.9 cm³/mol. The minimum absolute atomic E-state index is 0.184. The Morgan fingerprint density at radius 2 is 1.88 bits per heavy atom. The van der Waals surface area contributed by atoms with Crippen molar-refractivity contribution in [3.05, 3.63) is 51.4 Å². The predicted octanol–water partition coefficient (Wildman–Crippen LogP) is 4.17. The van der Waals surface area contributed by atoms with Crippen molar-refractivity contribution in [1.29, 1.82) is 0 Å². The van der Waals surface area contributed by atoms with Gasteiger partial charge in [0.15, 0.2) is 0 Å². The molecule has 88 valence electrons. The molecule has 0 saturated heterocycles. The lowest BCUT2D eigenvalue weighted by molar-refractivity contribution is 0.873. The van der Waals surface area contributed by atoms with Crippen LogP contribution in [0.15, 0.2) is 45.9 Å². The Bertz CT molecular complexity index is 502. The molecular weight excluding hydrogens is 346 g/mol. The van der Waals surface area contributed by atoms with Crippen LogP contribution in [-0.2, 0) is 0 Å². The zero-order valence-corrected chi connectivity index (χ0v) is 12.4. The second-order valence-corrected chi connectivity index (χ2v) is 5.43. The maximum absolute atomic E-state index is 3.98. The van der Waals surface area contributed by atoms with Gasteiger partial charge in [-0.3, -0.25) is 0 Å². The number of halogens is 2. The first kappa shape index (κ1) is 12.5. The van der Waals surface area contributed by atoms with Crippen molar-refractivity contribution in [2.24, 2.45) is 0 Å². The second-order valence-electron chi connectivity index (χ2n) is 3.66. The first-order valence-electron chi connectivity index (χ1n) is 5.13. The van der Waals surface area contributed by atoms with Crippen molar-refractivity contribution >= 4 is 37.5 Å². The molecule has 3 nitrogen and oxygen atoms in total. The molecule has 0 saturated carbocycles. The van der Waals surface area contributed by atoms with Gasteiger partial charge in [-0.15, -0.1) is 0 Å². The van der Waals surface area contributed by atoms with Crippen LogP contribution in [-0.4, -0.2) is 9.97 Å². The molecule has 0 radical (unpaired) electrons. The Labute approximate surface area is 117 Å². The van der Waals surface area contributed by atoms with E-state index in [1.165, 1.54) is 11.9 Å². The van der Waals surface area contributed by atoms with E-state index >= 15 is 0 Å². The standard InChI is InChI=1S/C12H11Br2N3/c1-8(17-10-5-15-7-16-6-10)11-3-2-9(13)4-12(11)14/h2-8,17H,1H3. The van der Waals surface area contributed by atoms with Crippen molar-refractivity contribution in [2.75, 3.05) is 5.32 Å². The van der Waals surface area contributed by atoms with Crippen LogP contribution < -0.4 is 5.32 Å². The molecule has 1 aromatic carbocycles. The van der Waals surface area contributed by atoms with Crippen LogP contribution in [0.3, 0.4) is 0 Å². The fourth-order valence-electron chi connectivity index (χ4n) is 1.55. The van der Waals surface area contributed by atoms with E-state index in [2.05, 4.69) is 60.1 Å². The smallest absolute Gasteiger partial charge is 0.115 e. The SMILES string of the molecule is CC(Nc1cncnc1)c1ccc(Br)cc1Br. The van der Waals surface area contributed by atoms with E-state index in [4.69, 9.17) is 0 Å². The van der Waals surface area contributed by atoms with E-state index in [-0.39, 0.29) is 6.04 Å². The summed E-state index contributed by atoms with van der Waals surface area (Å²) in [5.41, 5.74) is 2.10. The minimum Gasteiger partial charge on any atom is -0.376 e. The Morgan fingerprint density at radius 3 is 2.53 bits per heavy atom. The lowest BCUT2D eigenvalue weighted by Crippen LogP contribution is -2.07. The highest BCUT2D eigenvalue weighted by molar-refractivity contribution is 9.11. The molecule has 0 aliphatic rings. The highest BCUT2D eigenvalue weighted by atomic mass is 79.9. The fourth-order valence-corrected chi connectivity index (χ4v) is 2.94. The van der Waals surface area contributed by atoms with Crippen molar-refractivity contribution in [1.82, 2.24) is 9.97 Å². The van der Waals surface area contributed by atoms with Gasteiger partial charge in [-0.25, -0.2) is 9.97 Å². The van der Waals surface area contributed by atoms with E-state index in [0.29, 0.717) is 0 Å². The fraction of sp³-hybridized carbons (Fsp3) is 0.167. The second kappa shape index (κ2) is 5.60. The quantitative estimate of drug-likeness (QED) is 0.896. The molecule has 5 heteroatoms. The Hall–Kier alpha value is -0.940. The third kappa shape index (κ3) is 3.26. The summed E-state index contributed by atoms with van der Waals surface area (Å²) in [7, 11) is 0. The summed E-state index contributed by atoms with van der Waals surface area (Å²) >= 11 is 7.00. The molecule has 0 aliphatic heterocycles. The monoisotopic (exact) mass is 355 g/mol. The number of anilines is 1. The number of hydrogen-bond acceptors (Lipinski definition) is 3. The van der Waals surface area contributed by atoms with Gasteiger partial charge in [0.1, 0.15) is 6.33 Å². The number of nitrogens with zero attached hydrogens (tertiary/aromatic N) is 2. The number of nitrogens with one attached hydrogen (secondary N) is 1. The number of benzene rings is 1. The average Bonchev–Trinajstić information content (AvgIpc) is 2.30. The molecule has 0 aliphatic carbocycles. The molecule has 2 aromatic rings. The van der Waals surface area contributed by atoms with E-state index in [1.54, 1.807) is 12.4 Å². The van der Waals surface area contributed by atoms with E-state index in [9.17, 15) is 0 Å². The van der Waals surface area contributed by atoms with Gasteiger partial charge >= 0.3 is 0 Å². The molecule has 1 atom stereocenters. The summed E-state index contributed by atoms with van der Waals surface area (Å²) in [5, 5.41) is 3.35. The Morgan fingerprint density at radius 1 is 1.18 bits per heavy atom. The highest BCUT2D eigenvalue weighted by Gasteiger charge is 2.09. The van der Waals surface area contributed by atoms with E-state index in [0.717, 1.165) is 14.6 Å². The summed E-state index contributed by atoms with van der Waals surface area (Å²) in [6.45, 7) is 2.10. The van der Waals surface area contributed by atoms with E-state index < -0.39 is 0 Å². The molecule has 0 spiro atoms. The largest absolute Gasteiger partial charge is 0.376 e. The summed E-state index contributed by atoms with van der Waals surface area (Å²) in [4.78, 5) is 7.95. The molecule has 0 amide bonds. The first-order valence-corrected chi connectivity index (χ1v) is 6.72. The summed E-state index contributed by atoms with van der Waals surface area (Å²) in [6.07, 6.45) is 5.04. The number of aromatic nitrogens is 2. The van der Waals surface area contributed by atoms with Gasteiger partial charge in [0.2, 0.25) is 0 Å². The number of rotatable bonds is 3. The van der Waals surface area contributed by atoms with Crippen LogP contribution in [0.5, 0.6) is 0 Å². The number of hydrogen-bond donors (Lipinski definition) is 1. The molecule has 0 bridgehead atoms. The van der Waals surface area contributed by atoms with Gasteiger partial charge in [-0.05, 0) is 24.6 Å². The van der Waals surface area contributed by atoms with Gasteiger partial charge in [-0.1, -0.05) is 37.9 Å². The Balaban J connectivity index is 2.17. The van der Waals surface area contributed by atoms with Crippen molar-refractivity contribution in [3.8, 4) is 0 Å². The molecule has 1 N–H and O–H groups in total. The van der Waals surface area contributed by atoms with Crippen molar-refractivity contribution < 1.29 is 0 Å². The van der Waals surface area contributed by atoms with E-state index in [1.807, 2.05) is 12.1 Å². The molecule has 17 heavy (non-hydrogen) atoms. The maximum atomic E-state index is 3.98. The lowest BCUT2D eigenvalue weighted by atomic mass is 10.1. The zero-order valence-electron chi connectivity index (χ0n) is 9.19. The van der Waals surface area contributed by atoms with Crippen LogP contribution in [0, 0.1) is 0 Å². The van der Waals surface area contributed by atoms with Crippen LogP contribution in [0.2, 0.25) is 0 Å². The van der Waals surface area contributed by atoms with Gasteiger partial charge < -0.3 is 5.32 Å². The Kier molecular flexibility index (Phi) is 4.12. The zero-order chi connectivity index (χ0) is 12.3. The van der Waals surface area contributed by atoms with Gasteiger partial charge in [-0.2, -0.15) is 0 Å². The van der Waals surface area contributed by atoms with Gasteiger partial charge in [0.05, 0.1) is 18.1 Å².